The topological polar surface area (TPSA) is 64.4 Å². The van der Waals surface area contributed by atoms with Crippen LogP contribution in [0.5, 0.6) is 0 Å². The van der Waals surface area contributed by atoms with E-state index in [-0.39, 0.29) is 0 Å². The van der Waals surface area contributed by atoms with E-state index in [1.807, 2.05) is 12.2 Å². The molecule has 0 saturated heterocycles. The fourth-order valence-corrected chi connectivity index (χ4v) is 2.19. The predicted molar refractivity (Wildman–Crippen MR) is 74.3 cm³/mol. The van der Waals surface area contributed by atoms with Crippen LogP contribution in [-0.4, -0.2) is 5.84 Å². The fraction of sp³-hybridized carbons (Fsp3) is 0.500. The molecule has 0 saturated carbocycles. The number of aliphatic imine (C=N–C) groups is 1. The van der Waals surface area contributed by atoms with Crippen LogP contribution in [0.25, 0.3) is 0 Å². The highest BCUT2D eigenvalue weighted by Crippen LogP contribution is 2.31. The van der Waals surface area contributed by atoms with Gasteiger partial charge in [0.2, 0.25) is 0 Å². The van der Waals surface area contributed by atoms with Crippen molar-refractivity contribution in [3.05, 3.63) is 36.2 Å². The predicted octanol–water partition coefficient (Wildman–Crippen LogP) is 2.57. The molecule has 3 heteroatoms. The SMILES string of the molecule is C=CC(C)C(C)/C1=C(N)/C(N)=N/C=C/CC1C. The first-order valence-electron chi connectivity index (χ1n) is 6.09. The van der Waals surface area contributed by atoms with Crippen LogP contribution in [0, 0.1) is 17.8 Å². The molecule has 3 nitrogen and oxygen atoms in total. The lowest BCUT2D eigenvalue weighted by Crippen LogP contribution is -2.28. The maximum Gasteiger partial charge on any atom is 0.146 e. The second-order valence-electron chi connectivity index (χ2n) is 4.79. The van der Waals surface area contributed by atoms with Crippen LogP contribution in [0.4, 0.5) is 0 Å². The highest BCUT2D eigenvalue weighted by molar-refractivity contribution is 5.97. The molecular formula is C14H23N3. The number of nitrogens with two attached hydrogens (primary N) is 2. The number of hydrogen-bond donors (Lipinski definition) is 2. The minimum atomic E-state index is 0.336. The van der Waals surface area contributed by atoms with Crippen molar-refractivity contribution in [1.29, 1.82) is 0 Å². The van der Waals surface area contributed by atoms with E-state index in [0.717, 1.165) is 6.42 Å². The third-order valence-electron chi connectivity index (χ3n) is 3.58. The van der Waals surface area contributed by atoms with Crippen molar-refractivity contribution < 1.29 is 0 Å². The van der Waals surface area contributed by atoms with Crippen molar-refractivity contribution >= 4 is 5.84 Å². The Hall–Kier alpha value is -1.51. The fourth-order valence-electron chi connectivity index (χ4n) is 2.19. The van der Waals surface area contributed by atoms with Crippen molar-refractivity contribution in [2.45, 2.75) is 27.2 Å². The minimum absolute atomic E-state index is 0.336. The van der Waals surface area contributed by atoms with Crippen LogP contribution in [0.2, 0.25) is 0 Å². The first kappa shape index (κ1) is 13.6. The third kappa shape index (κ3) is 2.99. The number of hydrogen-bond acceptors (Lipinski definition) is 3. The standard InChI is InChI=1S/C14H23N3/c1-5-9(2)11(4)12-10(3)7-6-8-17-14(16)13(12)15/h5-6,8-11H,1,7,15H2,2-4H3,(H2,16,17)/b8-6+,13-12-. The first-order valence-corrected chi connectivity index (χ1v) is 6.09. The maximum absolute atomic E-state index is 6.13. The summed E-state index contributed by atoms with van der Waals surface area (Å²) >= 11 is 0. The summed E-state index contributed by atoms with van der Waals surface area (Å²) in [4.78, 5) is 4.12. The highest BCUT2D eigenvalue weighted by Gasteiger charge is 2.23. The van der Waals surface area contributed by atoms with Crippen molar-refractivity contribution in [3.63, 3.8) is 0 Å². The van der Waals surface area contributed by atoms with E-state index >= 15 is 0 Å². The monoisotopic (exact) mass is 233 g/mol. The van der Waals surface area contributed by atoms with Gasteiger partial charge in [0, 0.05) is 6.20 Å². The molecule has 0 aromatic heterocycles. The molecule has 0 fully saturated rings. The molecule has 3 unspecified atom stereocenters. The van der Waals surface area contributed by atoms with E-state index in [9.17, 15) is 0 Å². The molecule has 0 aromatic rings. The molecule has 0 aliphatic carbocycles. The van der Waals surface area contributed by atoms with Gasteiger partial charge in [0.15, 0.2) is 0 Å². The van der Waals surface area contributed by atoms with Gasteiger partial charge in [0.25, 0.3) is 0 Å². The van der Waals surface area contributed by atoms with E-state index in [0.29, 0.717) is 29.3 Å². The molecule has 1 heterocycles. The van der Waals surface area contributed by atoms with E-state index in [1.54, 1.807) is 6.20 Å². The Bertz CT molecular complexity index is 377. The Morgan fingerprint density at radius 2 is 2.12 bits per heavy atom. The number of nitrogens with zero attached hydrogens (tertiary/aromatic N) is 1. The van der Waals surface area contributed by atoms with Gasteiger partial charge in [0.1, 0.15) is 5.84 Å². The lowest BCUT2D eigenvalue weighted by Gasteiger charge is -2.27. The largest absolute Gasteiger partial charge is 0.396 e. The Morgan fingerprint density at radius 1 is 1.47 bits per heavy atom. The van der Waals surface area contributed by atoms with Crippen molar-refractivity contribution in [1.82, 2.24) is 0 Å². The minimum Gasteiger partial charge on any atom is -0.396 e. The lowest BCUT2D eigenvalue weighted by molar-refractivity contribution is 0.466. The quantitative estimate of drug-likeness (QED) is 0.736. The summed E-state index contributed by atoms with van der Waals surface area (Å²) in [5.74, 6) is 1.52. The molecule has 3 atom stereocenters. The average molecular weight is 233 g/mol. The summed E-state index contributed by atoms with van der Waals surface area (Å²) in [6.45, 7) is 10.3. The Morgan fingerprint density at radius 3 is 2.71 bits per heavy atom. The highest BCUT2D eigenvalue weighted by atomic mass is 14.9. The molecule has 94 valence electrons. The summed E-state index contributed by atoms with van der Waals surface area (Å²) < 4.78 is 0. The molecule has 1 aliphatic rings. The van der Waals surface area contributed by atoms with Gasteiger partial charge in [-0.2, -0.15) is 0 Å². The molecule has 0 radical (unpaired) electrons. The summed E-state index contributed by atoms with van der Waals surface area (Å²) in [6, 6.07) is 0. The van der Waals surface area contributed by atoms with Gasteiger partial charge < -0.3 is 11.5 Å². The zero-order valence-corrected chi connectivity index (χ0v) is 11.0. The van der Waals surface area contributed by atoms with Gasteiger partial charge in [0.05, 0.1) is 5.70 Å². The van der Waals surface area contributed by atoms with E-state index < -0.39 is 0 Å². The molecular weight excluding hydrogens is 210 g/mol. The van der Waals surface area contributed by atoms with Gasteiger partial charge in [-0.25, -0.2) is 4.99 Å². The Balaban J connectivity index is 3.18. The number of rotatable bonds is 3. The van der Waals surface area contributed by atoms with Crippen LogP contribution in [0.3, 0.4) is 0 Å². The molecule has 1 rings (SSSR count). The van der Waals surface area contributed by atoms with Crippen LogP contribution in [-0.2, 0) is 0 Å². The van der Waals surface area contributed by atoms with Crippen LogP contribution in [0.1, 0.15) is 27.2 Å². The zero-order chi connectivity index (χ0) is 13.0. The van der Waals surface area contributed by atoms with E-state index in [1.165, 1.54) is 5.57 Å². The van der Waals surface area contributed by atoms with Crippen LogP contribution >= 0.6 is 0 Å². The van der Waals surface area contributed by atoms with Gasteiger partial charge in [-0.1, -0.05) is 32.9 Å². The summed E-state index contributed by atoms with van der Waals surface area (Å²) in [5, 5.41) is 0. The molecule has 0 spiro atoms. The third-order valence-corrected chi connectivity index (χ3v) is 3.58. The second kappa shape index (κ2) is 5.71. The normalized spacial score (nSPS) is 33.8. The second-order valence-corrected chi connectivity index (χ2v) is 4.79. The Kier molecular flexibility index (Phi) is 4.55. The van der Waals surface area contributed by atoms with Crippen LogP contribution in [0.15, 0.2) is 41.2 Å². The van der Waals surface area contributed by atoms with Gasteiger partial charge >= 0.3 is 0 Å². The summed E-state index contributed by atoms with van der Waals surface area (Å²) in [5.41, 5.74) is 13.8. The van der Waals surface area contributed by atoms with Gasteiger partial charge in [-0.15, -0.1) is 6.58 Å². The maximum atomic E-state index is 6.13. The van der Waals surface area contributed by atoms with Gasteiger partial charge in [-0.05, 0) is 29.7 Å². The summed E-state index contributed by atoms with van der Waals surface area (Å²) in [7, 11) is 0. The molecule has 1 aliphatic heterocycles. The average Bonchev–Trinajstić information content (AvgIpc) is 2.31. The van der Waals surface area contributed by atoms with E-state index in [4.69, 9.17) is 11.5 Å². The molecule has 0 bridgehead atoms. The summed E-state index contributed by atoms with van der Waals surface area (Å²) in [6.07, 6.45) is 6.67. The lowest BCUT2D eigenvalue weighted by atomic mass is 9.79. The van der Waals surface area contributed by atoms with Gasteiger partial charge in [-0.3, -0.25) is 0 Å². The number of amidine groups is 1. The van der Waals surface area contributed by atoms with Crippen molar-refractivity contribution in [2.24, 2.45) is 34.2 Å². The van der Waals surface area contributed by atoms with Crippen LogP contribution < -0.4 is 11.5 Å². The smallest absolute Gasteiger partial charge is 0.146 e. The number of allylic oxidation sites excluding steroid dienone is 3. The molecule has 17 heavy (non-hydrogen) atoms. The van der Waals surface area contributed by atoms with Crippen molar-refractivity contribution in [3.8, 4) is 0 Å². The first-order chi connectivity index (χ1) is 7.99. The van der Waals surface area contributed by atoms with E-state index in [2.05, 4.69) is 32.3 Å². The Labute approximate surface area is 104 Å². The molecule has 4 N–H and O–H groups in total. The molecule has 0 amide bonds. The molecule has 0 aromatic carbocycles. The van der Waals surface area contributed by atoms with Crippen molar-refractivity contribution in [2.75, 3.05) is 0 Å². The zero-order valence-electron chi connectivity index (χ0n) is 11.0.